The Balaban J connectivity index is 1.82. The third-order valence-corrected chi connectivity index (χ3v) is 4.77. The molecule has 34 heavy (non-hydrogen) atoms. The molecule has 2 aromatic carbocycles. The molecule has 1 amide bonds. The van der Waals surface area contributed by atoms with E-state index in [-0.39, 0.29) is 18.1 Å². The summed E-state index contributed by atoms with van der Waals surface area (Å²) in [7, 11) is 0. The highest BCUT2D eigenvalue weighted by atomic mass is 19.4. The van der Waals surface area contributed by atoms with Crippen LogP contribution in [0.1, 0.15) is 29.2 Å². The maximum atomic E-state index is 13.2. The lowest BCUT2D eigenvalue weighted by molar-refractivity contribution is -0.323. The number of aromatic nitrogens is 2. The first-order valence-corrected chi connectivity index (χ1v) is 9.96. The quantitative estimate of drug-likeness (QED) is 0.265. The van der Waals surface area contributed by atoms with Gasteiger partial charge in [-0.3, -0.25) is 9.53 Å². The van der Waals surface area contributed by atoms with Crippen LogP contribution in [0, 0.1) is 0 Å². The highest BCUT2D eigenvalue weighted by Gasteiger charge is 2.31. The van der Waals surface area contributed by atoms with Crippen LogP contribution in [0.4, 0.5) is 32.3 Å². The fourth-order valence-electron chi connectivity index (χ4n) is 3.25. The predicted octanol–water partition coefficient (Wildman–Crippen LogP) is 4.27. The molecule has 3 rings (SSSR count). The van der Waals surface area contributed by atoms with Crippen molar-refractivity contribution in [3.63, 3.8) is 0 Å². The number of fused-ring (bicyclic) bond motifs is 1. The van der Waals surface area contributed by atoms with Crippen LogP contribution in [0.5, 0.6) is 0 Å². The largest absolute Gasteiger partial charge is 0.522 e. The van der Waals surface area contributed by atoms with Gasteiger partial charge >= 0.3 is 12.5 Å². The number of aliphatic hydroxyl groups excluding tert-OH is 1. The normalized spacial score (nSPS) is 13.1. The Bertz CT molecular complexity index is 1130. The molecule has 0 fully saturated rings. The molecule has 3 aromatic rings. The van der Waals surface area contributed by atoms with Gasteiger partial charge in [-0.1, -0.05) is 24.3 Å². The lowest BCUT2D eigenvalue weighted by atomic mass is 10.0. The minimum absolute atomic E-state index is 0.111. The summed E-state index contributed by atoms with van der Waals surface area (Å²) in [4.78, 5) is 19.6. The summed E-state index contributed by atoms with van der Waals surface area (Å²) in [6.07, 6.45) is -9.87. The van der Waals surface area contributed by atoms with E-state index in [1.54, 1.807) is 18.2 Å². The van der Waals surface area contributed by atoms with Crippen molar-refractivity contribution in [1.29, 1.82) is 0 Å². The van der Waals surface area contributed by atoms with Crippen molar-refractivity contribution < 1.29 is 41.0 Å². The lowest BCUT2D eigenvalue weighted by Crippen LogP contribution is -2.31. The van der Waals surface area contributed by atoms with E-state index in [0.29, 0.717) is 16.6 Å². The topological polar surface area (TPSA) is 99.3 Å². The molecule has 13 heteroatoms. The minimum Gasteiger partial charge on any atom is -0.392 e. The van der Waals surface area contributed by atoms with Crippen LogP contribution in [-0.4, -0.2) is 40.5 Å². The van der Waals surface area contributed by atoms with Gasteiger partial charge in [0.05, 0.1) is 42.3 Å². The summed E-state index contributed by atoms with van der Waals surface area (Å²) in [5.74, 6) is -0.584. The maximum Gasteiger partial charge on any atom is 0.522 e. The Morgan fingerprint density at radius 1 is 1.12 bits per heavy atom. The van der Waals surface area contributed by atoms with E-state index in [2.05, 4.69) is 25.3 Å². The number of H-pyrrole nitrogens is 1. The number of nitrogens with zero attached hydrogens (tertiary/aromatic N) is 1. The summed E-state index contributed by atoms with van der Waals surface area (Å²) in [6.45, 7) is -1.55. The van der Waals surface area contributed by atoms with E-state index in [4.69, 9.17) is 0 Å². The van der Waals surface area contributed by atoms with Gasteiger partial charge in [-0.25, -0.2) is 4.98 Å². The third kappa shape index (κ3) is 6.84. The number of para-hydroxylation sites is 1. The highest BCUT2D eigenvalue weighted by molar-refractivity contribution is 5.81. The number of amides is 1. The van der Waals surface area contributed by atoms with Crippen molar-refractivity contribution in [2.45, 2.75) is 31.6 Å². The van der Waals surface area contributed by atoms with Crippen LogP contribution in [-0.2, 0) is 22.3 Å². The summed E-state index contributed by atoms with van der Waals surface area (Å²) >= 11 is 0. The first-order chi connectivity index (χ1) is 16.0. The number of rotatable bonds is 9. The summed E-state index contributed by atoms with van der Waals surface area (Å²) in [5, 5.41) is 14.6. The summed E-state index contributed by atoms with van der Waals surface area (Å²) in [5.41, 5.74) is 0.678. The van der Waals surface area contributed by atoms with Crippen LogP contribution in [0.3, 0.4) is 0 Å². The van der Waals surface area contributed by atoms with E-state index >= 15 is 0 Å². The molecule has 0 bridgehead atoms. The zero-order valence-electron chi connectivity index (χ0n) is 17.4. The van der Waals surface area contributed by atoms with Crippen LogP contribution >= 0.6 is 0 Å². The average molecular weight is 490 g/mol. The Kier molecular flexibility index (Phi) is 7.67. The van der Waals surface area contributed by atoms with Crippen LogP contribution in [0.15, 0.2) is 42.5 Å². The van der Waals surface area contributed by atoms with E-state index in [0.717, 1.165) is 12.1 Å². The molecule has 0 aliphatic rings. The van der Waals surface area contributed by atoms with Gasteiger partial charge in [-0.05, 0) is 23.8 Å². The second kappa shape index (κ2) is 10.3. The summed E-state index contributed by atoms with van der Waals surface area (Å²) < 4.78 is 79.4. The number of aliphatic hydroxyl groups is 1. The molecule has 7 nitrogen and oxygen atoms in total. The molecular formula is C21H20F6N4O3. The molecule has 4 N–H and O–H groups in total. The second-order valence-electron chi connectivity index (χ2n) is 7.23. The molecule has 0 saturated carbocycles. The fraction of sp³-hybridized carbons (Fsp3) is 0.333. The van der Waals surface area contributed by atoms with Gasteiger partial charge in [-0.15, -0.1) is 13.2 Å². The van der Waals surface area contributed by atoms with Crippen molar-refractivity contribution in [2.75, 3.05) is 18.5 Å². The molecule has 0 spiro atoms. The number of aromatic amines is 1. The Morgan fingerprint density at radius 2 is 1.85 bits per heavy atom. The number of carbonyl (C=O) groups is 1. The van der Waals surface area contributed by atoms with Crippen molar-refractivity contribution in [3.05, 3.63) is 59.2 Å². The van der Waals surface area contributed by atoms with E-state index in [9.17, 15) is 36.2 Å². The van der Waals surface area contributed by atoms with Crippen LogP contribution < -0.4 is 10.6 Å². The maximum absolute atomic E-state index is 13.2. The number of alkyl halides is 6. The van der Waals surface area contributed by atoms with Gasteiger partial charge in [0.2, 0.25) is 11.9 Å². The van der Waals surface area contributed by atoms with E-state index in [1.807, 2.05) is 0 Å². The molecule has 0 aliphatic heterocycles. The van der Waals surface area contributed by atoms with Gasteiger partial charge < -0.3 is 20.7 Å². The minimum atomic E-state index is -4.85. The molecule has 0 aliphatic carbocycles. The number of halogens is 6. The third-order valence-electron chi connectivity index (χ3n) is 4.77. The van der Waals surface area contributed by atoms with Gasteiger partial charge in [0, 0.05) is 12.1 Å². The zero-order chi connectivity index (χ0) is 24.9. The Hall–Kier alpha value is -3.32. The first kappa shape index (κ1) is 25.3. The number of benzene rings is 2. The molecule has 1 unspecified atom stereocenters. The Labute approximate surface area is 189 Å². The highest BCUT2D eigenvalue weighted by Crippen LogP contribution is 2.32. The second-order valence-corrected chi connectivity index (χ2v) is 7.23. The number of anilines is 1. The monoisotopic (exact) mass is 490 g/mol. The molecule has 1 heterocycles. The molecular weight excluding hydrogens is 470 g/mol. The predicted molar refractivity (Wildman–Crippen MR) is 109 cm³/mol. The fourth-order valence-corrected chi connectivity index (χ4v) is 3.25. The van der Waals surface area contributed by atoms with Gasteiger partial charge in [0.1, 0.15) is 0 Å². The molecule has 184 valence electrons. The number of nitrogens with one attached hydrogen (secondary N) is 3. The van der Waals surface area contributed by atoms with Crippen molar-refractivity contribution in [3.8, 4) is 0 Å². The standard InChI is InChI=1S/C21H20F6N4O3/c22-20(23,24)14-5-1-3-12(9-14)16(10-17(33)28-7-8-34-21(25,26)27)30-19-29-15-6-2-4-13(11-32)18(15)31-19/h1-6,9,16,32H,7-8,10-11H2,(H,28,33)(H2,29,30,31). The molecule has 1 aromatic heterocycles. The van der Waals surface area contributed by atoms with Crippen molar-refractivity contribution in [2.24, 2.45) is 0 Å². The number of carbonyl (C=O) groups excluding carboxylic acids is 1. The molecule has 1 atom stereocenters. The van der Waals surface area contributed by atoms with E-state index in [1.165, 1.54) is 12.1 Å². The molecule has 0 radical (unpaired) electrons. The van der Waals surface area contributed by atoms with Gasteiger partial charge in [0.15, 0.2) is 0 Å². The average Bonchev–Trinajstić information content (AvgIpc) is 3.18. The first-order valence-electron chi connectivity index (χ1n) is 9.96. The lowest BCUT2D eigenvalue weighted by Gasteiger charge is -2.20. The SMILES string of the molecule is O=C(CC(Nc1nc2c(CO)cccc2[nH]1)c1cccc(C(F)(F)F)c1)NCCOC(F)(F)F. The van der Waals surface area contributed by atoms with Crippen LogP contribution in [0.2, 0.25) is 0 Å². The van der Waals surface area contributed by atoms with Crippen LogP contribution in [0.25, 0.3) is 11.0 Å². The zero-order valence-corrected chi connectivity index (χ0v) is 17.4. The van der Waals surface area contributed by atoms with Crippen molar-refractivity contribution >= 4 is 22.9 Å². The van der Waals surface area contributed by atoms with Gasteiger partial charge in [0.25, 0.3) is 0 Å². The number of hydrogen-bond acceptors (Lipinski definition) is 5. The Morgan fingerprint density at radius 3 is 2.53 bits per heavy atom. The smallest absolute Gasteiger partial charge is 0.392 e. The van der Waals surface area contributed by atoms with Crippen molar-refractivity contribution in [1.82, 2.24) is 15.3 Å². The summed E-state index contributed by atoms with van der Waals surface area (Å²) in [6, 6.07) is 8.32. The van der Waals surface area contributed by atoms with Gasteiger partial charge in [-0.2, -0.15) is 13.2 Å². The number of ether oxygens (including phenoxy) is 1. The van der Waals surface area contributed by atoms with E-state index < -0.39 is 49.6 Å². The molecule has 0 saturated heterocycles. The number of imidazole rings is 1. The number of hydrogen-bond donors (Lipinski definition) is 4.